The SMILES string of the molecule is CCNc1ncccc1S(=O)(=O)Nc1cc(F)cc(F)c1. The molecule has 8 heteroatoms. The highest BCUT2D eigenvalue weighted by Gasteiger charge is 2.19. The summed E-state index contributed by atoms with van der Waals surface area (Å²) in [5.74, 6) is -1.57. The molecule has 0 aliphatic heterocycles. The lowest BCUT2D eigenvalue weighted by Gasteiger charge is -2.12. The van der Waals surface area contributed by atoms with Crippen LogP contribution in [0.2, 0.25) is 0 Å². The molecule has 0 aliphatic carbocycles. The number of nitrogens with one attached hydrogen (secondary N) is 2. The lowest BCUT2D eigenvalue weighted by molar-refractivity contribution is 0.584. The summed E-state index contributed by atoms with van der Waals surface area (Å²) in [7, 11) is -4.01. The molecule has 0 atom stereocenters. The van der Waals surface area contributed by atoms with E-state index >= 15 is 0 Å². The standard InChI is InChI=1S/C13H13F2N3O2S/c1-2-16-13-12(4-3-5-17-13)21(19,20)18-11-7-9(14)6-10(15)8-11/h3-8,18H,2H2,1H3,(H,16,17). The van der Waals surface area contributed by atoms with Gasteiger partial charge in [0, 0.05) is 18.8 Å². The Kier molecular flexibility index (Phi) is 4.37. The van der Waals surface area contributed by atoms with Gasteiger partial charge in [-0.2, -0.15) is 0 Å². The van der Waals surface area contributed by atoms with E-state index in [0.29, 0.717) is 12.6 Å². The van der Waals surface area contributed by atoms with E-state index in [1.54, 1.807) is 6.92 Å². The number of halogens is 2. The Bertz CT molecular complexity index is 731. The van der Waals surface area contributed by atoms with Gasteiger partial charge in [-0.05, 0) is 31.2 Å². The minimum absolute atomic E-state index is 0.100. The lowest BCUT2D eigenvalue weighted by atomic mass is 10.3. The third kappa shape index (κ3) is 3.66. The highest BCUT2D eigenvalue weighted by molar-refractivity contribution is 7.92. The van der Waals surface area contributed by atoms with Crippen LogP contribution in [-0.4, -0.2) is 19.9 Å². The van der Waals surface area contributed by atoms with Crippen molar-refractivity contribution in [2.75, 3.05) is 16.6 Å². The van der Waals surface area contributed by atoms with Crippen molar-refractivity contribution in [1.82, 2.24) is 4.98 Å². The molecule has 2 aromatic rings. The van der Waals surface area contributed by atoms with Crippen LogP contribution in [0.4, 0.5) is 20.3 Å². The van der Waals surface area contributed by atoms with Crippen molar-refractivity contribution in [2.45, 2.75) is 11.8 Å². The van der Waals surface area contributed by atoms with Crippen molar-refractivity contribution < 1.29 is 17.2 Å². The highest BCUT2D eigenvalue weighted by atomic mass is 32.2. The number of hydrogen-bond acceptors (Lipinski definition) is 4. The molecular formula is C13H13F2N3O2S. The van der Waals surface area contributed by atoms with E-state index in [0.717, 1.165) is 12.1 Å². The van der Waals surface area contributed by atoms with Crippen molar-refractivity contribution in [2.24, 2.45) is 0 Å². The van der Waals surface area contributed by atoms with Crippen LogP contribution in [0.25, 0.3) is 0 Å². The Morgan fingerprint density at radius 2 is 1.86 bits per heavy atom. The summed E-state index contributed by atoms with van der Waals surface area (Å²) in [4.78, 5) is 3.83. The summed E-state index contributed by atoms with van der Waals surface area (Å²) in [5.41, 5.74) is -0.196. The van der Waals surface area contributed by atoms with Crippen LogP contribution in [0.1, 0.15) is 6.92 Å². The molecule has 0 fully saturated rings. The molecule has 0 saturated heterocycles. The van der Waals surface area contributed by atoms with Gasteiger partial charge in [0.25, 0.3) is 10.0 Å². The Balaban J connectivity index is 2.38. The lowest BCUT2D eigenvalue weighted by Crippen LogP contribution is -2.16. The fraction of sp³-hybridized carbons (Fsp3) is 0.154. The zero-order chi connectivity index (χ0) is 15.5. The Labute approximate surface area is 121 Å². The quantitative estimate of drug-likeness (QED) is 0.890. The third-order valence-corrected chi connectivity index (χ3v) is 3.93. The van der Waals surface area contributed by atoms with Crippen LogP contribution in [0.5, 0.6) is 0 Å². The zero-order valence-electron chi connectivity index (χ0n) is 11.1. The van der Waals surface area contributed by atoms with Crippen LogP contribution >= 0.6 is 0 Å². The van der Waals surface area contributed by atoms with Gasteiger partial charge in [-0.25, -0.2) is 22.2 Å². The fourth-order valence-corrected chi connectivity index (χ4v) is 2.91. The summed E-state index contributed by atoms with van der Waals surface area (Å²) in [6, 6.07) is 5.25. The topological polar surface area (TPSA) is 71.1 Å². The van der Waals surface area contributed by atoms with E-state index in [1.165, 1.54) is 18.3 Å². The van der Waals surface area contributed by atoms with Gasteiger partial charge < -0.3 is 5.32 Å². The molecule has 1 aromatic carbocycles. The monoisotopic (exact) mass is 313 g/mol. The van der Waals surface area contributed by atoms with Gasteiger partial charge >= 0.3 is 0 Å². The number of aromatic nitrogens is 1. The van der Waals surface area contributed by atoms with E-state index in [-0.39, 0.29) is 16.4 Å². The van der Waals surface area contributed by atoms with Gasteiger partial charge in [0.1, 0.15) is 22.3 Å². The van der Waals surface area contributed by atoms with Crippen molar-refractivity contribution in [3.8, 4) is 0 Å². The Morgan fingerprint density at radius 3 is 2.48 bits per heavy atom. The van der Waals surface area contributed by atoms with Crippen molar-refractivity contribution in [3.63, 3.8) is 0 Å². The van der Waals surface area contributed by atoms with Crippen molar-refractivity contribution in [1.29, 1.82) is 0 Å². The fourth-order valence-electron chi connectivity index (χ4n) is 1.73. The largest absolute Gasteiger partial charge is 0.369 e. The average molecular weight is 313 g/mol. The number of pyridine rings is 1. The third-order valence-electron chi connectivity index (χ3n) is 2.52. The van der Waals surface area contributed by atoms with Gasteiger partial charge in [-0.1, -0.05) is 0 Å². The Hall–Kier alpha value is -2.22. The number of anilines is 2. The molecule has 0 unspecified atom stereocenters. The van der Waals surface area contributed by atoms with Gasteiger partial charge in [-0.3, -0.25) is 4.72 Å². The van der Waals surface area contributed by atoms with Crippen LogP contribution in [0.3, 0.4) is 0 Å². The molecule has 1 heterocycles. The molecule has 0 saturated carbocycles. The van der Waals surface area contributed by atoms with E-state index in [4.69, 9.17) is 0 Å². The minimum Gasteiger partial charge on any atom is -0.369 e. The average Bonchev–Trinajstić information content (AvgIpc) is 2.37. The molecule has 0 aliphatic rings. The minimum atomic E-state index is -4.01. The number of hydrogen-bond donors (Lipinski definition) is 2. The number of sulfonamides is 1. The molecule has 1 aromatic heterocycles. The first-order valence-electron chi connectivity index (χ1n) is 6.10. The summed E-state index contributed by atoms with van der Waals surface area (Å²) >= 11 is 0. The summed E-state index contributed by atoms with van der Waals surface area (Å²) in [6.07, 6.45) is 1.44. The zero-order valence-corrected chi connectivity index (χ0v) is 11.9. The second kappa shape index (κ2) is 6.04. The molecule has 5 nitrogen and oxygen atoms in total. The van der Waals surface area contributed by atoms with Crippen LogP contribution in [-0.2, 0) is 10.0 Å². The number of rotatable bonds is 5. The maximum atomic E-state index is 13.1. The van der Waals surface area contributed by atoms with Gasteiger partial charge in [-0.15, -0.1) is 0 Å². The first-order valence-corrected chi connectivity index (χ1v) is 7.58. The first kappa shape index (κ1) is 15.2. The predicted molar refractivity (Wildman–Crippen MR) is 75.6 cm³/mol. The van der Waals surface area contributed by atoms with Crippen molar-refractivity contribution in [3.05, 3.63) is 48.2 Å². The van der Waals surface area contributed by atoms with E-state index in [9.17, 15) is 17.2 Å². The van der Waals surface area contributed by atoms with Crippen LogP contribution in [0, 0.1) is 11.6 Å². The smallest absolute Gasteiger partial charge is 0.265 e. The van der Waals surface area contributed by atoms with Crippen molar-refractivity contribution >= 4 is 21.5 Å². The van der Waals surface area contributed by atoms with Gasteiger partial charge in [0.15, 0.2) is 0 Å². The molecule has 0 bridgehead atoms. The number of nitrogens with zero attached hydrogens (tertiary/aromatic N) is 1. The van der Waals surface area contributed by atoms with Gasteiger partial charge in [0.05, 0.1) is 5.69 Å². The molecule has 2 rings (SSSR count). The molecule has 0 amide bonds. The van der Waals surface area contributed by atoms with Gasteiger partial charge in [0.2, 0.25) is 0 Å². The summed E-state index contributed by atoms with van der Waals surface area (Å²) in [5, 5.41) is 2.81. The summed E-state index contributed by atoms with van der Waals surface area (Å²) in [6.45, 7) is 2.27. The molecule has 0 spiro atoms. The second-order valence-electron chi connectivity index (χ2n) is 4.14. The predicted octanol–water partition coefficient (Wildman–Crippen LogP) is 2.59. The molecular weight excluding hydrogens is 300 g/mol. The summed E-state index contributed by atoms with van der Waals surface area (Å²) < 4.78 is 52.9. The van der Waals surface area contributed by atoms with Crippen LogP contribution < -0.4 is 10.0 Å². The van der Waals surface area contributed by atoms with E-state index in [2.05, 4.69) is 15.0 Å². The Morgan fingerprint density at radius 1 is 1.19 bits per heavy atom. The highest BCUT2D eigenvalue weighted by Crippen LogP contribution is 2.22. The molecule has 0 radical (unpaired) electrons. The molecule has 2 N–H and O–H groups in total. The van der Waals surface area contributed by atoms with Crippen LogP contribution in [0.15, 0.2) is 41.4 Å². The normalized spacial score (nSPS) is 11.2. The number of benzene rings is 1. The first-order chi connectivity index (χ1) is 9.92. The maximum absolute atomic E-state index is 13.1. The maximum Gasteiger partial charge on any atom is 0.265 e. The molecule has 21 heavy (non-hydrogen) atoms. The van der Waals surface area contributed by atoms with E-state index in [1.807, 2.05) is 0 Å². The van der Waals surface area contributed by atoms with E-state index < -0.39 is 21.7 Å². The second-order valence-corrected chi connectivity index (χ2v) is 5.79. The molecule has 112 valence electrons.